The Labute approximate surface area is 102 Å². The van der Waals surface area contributed by atoms with Crippen molar-refractivity contribution < 1.29 is 14.3 Å². The van der Waals surface area contributed by atoms with Crippen molar-refractivity contribution in [1.29, 1.82) is 0 Å². The molecule has 1 fully saturated rings. The van der Waals surface area contributed by atoms with Crippen LogP contribution in [0.3, 0.4) is 0 Å². The van der Waals surface area contributed by atoms with Crippen LogP contribution in [-0.4, -0.2) is 25.1 Å². The lowest BCUT2D eigenvalue weighted by atomic mass is 9.92. The molecule has 2 unspecified atom stereocenters. The summed E-state index contributed by atoms with van der Waals surface area (Å²) >= 11 is 0. The maximum absolute atomic E-state index is 12.4. The van der Waals surface area contributed by atoms with E-state index in [1.807, 2.05) is 38.1 Å². The molecule has 2 rings (SSSR count). The van der Waals surface area contributed by atoms with Gasteiger partial charge in [-0.3, -0.25) is 4.79 Å². The fourth-order valence-electron chi connectivity index (χ4n) is 2.23. The molecule has 1 heterocycles. The van der Waals surface area contributed by atoms with Gasteiger partial charge in [0.2, 0.25) is 0 Å². The van der Waals surface area contributed by atoms with Crippen molar-refractivity contribution in [1.82, 2.24) is 0 Å². The first kappa shape index (κ1) is 12.1. The number of ketones is 1. The summed E-state index contributed by atoms with van der Waals surface area (Å²) < 4.78 is 10.9. The van der Waals surface area contributed by atoms with E-state index in [1.54, 1.807) is 0 Å². The summed E-state index contributed by atoms with van der Waals surface area (Å²) in [7, 11) is 0. The summed E-state index contributed by atoms with van der Waals surface area (Å²) in [6.45, 7) is 5.12. The van der Waals surface area contributed by atoms with Crippen molar-refractivity contribution in [2.45, 2.75) is 26.4 Å². The van der Waals surface area contributed by atoms with Crippen LogP contribution >= 0.6 is 0 Å². The van der Waals surface area contributed by atoms with Crippen molar-refractivity contribution in [3.8, 4) is 5.75 Å². The quantitative estimate of drug-likeness (QED) is 0.751. The molecule has 0 saturated carbocycles. The average Bonchev–Trinajstić information content (AvgIpc) is 2.76. The molecule has 1 saturated heterocycles. The van der Waals surface area contributed by atoms with E-state index >= 15 is 0 Å². The molecule has 0 bridgehead atoms. The molecule has 2 atom stereocenters. The topological polar surface area (TPSA) is 35.5 Å². The molecule has 3 nitrogen and oxygen atoms in total. The minimum atomic E-state index is -0.0309. The van der Waals surface area contributed by atoms with Crippen LogP contribution in [0.5, 0.6) is 5.75 Å². The first-order valence-corrected chi connectivity index (χ1v) is 6.11. The van der Waals surface area contributed by atoms with E-state index in [9.17, 15) is 4.79 Å². The zero-order valence-electron chi connectivity index (χ0n) is 10.3. The van der Waals surface area contributed by atoms with Crippen LogP contribution in [0.2, 0.25) is 0 Å². The van der Waals surface area contributed by atoms with Gasteiger partial charge in [0.15, 0.2) is 5.78 Å². The van der Waals surface area contributed by atoms with Crippen LogP contribution in [0.25, 0.3) is 0 Å². The van der Waals surface area contributed by atoms with E-state index in [-0.39, 0.29) is 17.8 Å². The first-order chi connectivity index (χ1) is 8.24. The summed E-state index contributed by atoms with van der Waals surface area (Å²) in [5.74, 6) is 0.787. The van der Waals surface area contributed by atoms with Gasteiger partial charge in [0.1, 0.15) is 5.75 Å². The first-order valence-electron chi connectivity index (χ1n) is 6.11. The van der Waals surface area contributed by atoms with Crippen LogP contribution < -0.4 is 4.74 Å². The molecule has 0 amide bonds. The summed E-state index contributed by atoms with van der Waals surface area (Å²) in [6.07, 6.45) is 0.817. The predicted molar refractivity (Wildman–Crippen MR) is 65.5 cm³/mol. The standard InChI is InChI=1S/C14H18O3/c1-3-16-13-7-5-4-6-12(13)14(15)11-8-9-17-10(11)2/h4-7,10-11H,3,8-9H2,1-2H3. The highest BCUT2D eigenvalue weighted by molar-refractivity contribution is 6.00. The van der Waals surface area contributed by atoms with E-state index < -0.39 is 0 Å². The molecule has 0 aromatic heterocycles. The highest BCUT2D eigenvalue weighted by Crippen LogP contribution is 2.28. The molecule has 1 aromatic carbocycles. The molecule has 0 radical (unpaired) electrons. The molecular formula is C14H18O3. The molecular weight excluding hydrogens is 216 g/mol. The fourth-order valence-corrected chi connectivity index (χ4v) is 2.23. The van der Waals surface area contributed by atoms with Gasteiger partial charge in [-0.15, -0.1) is 0 Å². The van der Waals surface area contributed by atoms with Crippen LogP contribution in [0, 0.1) is 5.92 Å². The predicted octanol–water partition coefficient (Wildman–Crippen LogP) is 2.69. The Balaban J connectivity index is 2.23. The molecule has 1 aliphatic rings. The van der Waals surface area contributed by atoms with Crippen molar-refractivity contribution in [2.75, 3.05) is 13.2 Å². The van der Waals surface area contributed by atoms with E-state index in [1.165, 1.54) is 0 Å². The second-order valence-electron chi connectivity index (χ2n) is 4.26. The Morgan fingerprint density at radius 3 is 2.88 bits per heavy atom. The normalized spacial score (nSPS) is 23.6. The Bertz CT molecular complexity index is 400. The molecule has 3 heteroatoms. The maximum atomic E-state index is 12.4. The fraction of sp³-hybridized carbons (Fsp3) is 0.500. The van der Waals surface area contributed by atoms with Crippen LogP contribution in [0.15, 0.2) is 24.3 Å². The number of hydrogen-bond acceptors (Lipinski definition) is 3. The number of benzene rings is 1. The Morgan fingerprint density at radius 1 is 1.47 bits per heavy atom. The van der Waals surface area contributed by atoms with Gasteiger partial charge < -0.3 is 9.47 Å². The van der Waals surface area contributed by atoms with Crippen LogP contribution in [-0.2, 0) is 4.74 Å². The number of ether oxygens (including phenoxy) is 2. The summed E-state index contributed by atoms with van der Waals surface area (Å²) in [5.41, 5.74) is 0.678. The van der Waals surface area contributed by atoms with Gasteiger partial charge in [0.25, 0.3) is 0 Å². The number of hydrogen-bond donors (Lipinski definition) is 0. The number of carbonyl (C=O) groups excluding carboxylic acids is 1. The van der Waals surface area contributed by atoms with Gasteiger partial charge in [-0.05, 0) is 32.4 Å². The lowest BCUT2D eigenvalue weighted by molar-refractivity contribution is 0.0761. The second-order valence-corrected chi connectivity index (χ2v) is 4.26. The van der Waals surface area contributed by atoms with Gasteiger partial charge >= 0.3 is 0 Å². The molecule has 0 spiro atoms. The third-order valence-corrected chi connectivity index (χ3v) is 3.17. The van der Waals surface area contributed by atoms with Gasteiger partial charge in [0.05, 0.1) is 24.2 Å². The zero-order valence-corrected chi connectivity index (χ0v) is 10.3. The zero-order chi connectivity index (χ0) is 12.3. The average molecular weight is 234 g/mol. The van der Waals surface area contributed by atoms with E-state index in [2.05, 4.69) is 0 Å². The molecule has 1 aromatic rings. The highest BCUT2D eigenvalue weighted by Gasteiger charge is 2.32. The van der Waals surface area contributed by atoms with Crippen LogP contribution in [0.1, 0.15) is 30.6 Å². The lowest BCUT2D eigenvalue weighted by Crippen LogP contribution is -2.22. The third-order valence-electron chi connectivity index (χ3n) is 3.17. The summed E-state index contributed by atoms with van der Waals surface area (Å²) in [6, 6.07) is 7.43. The van der Waals surface area contributed by atoms with Crippen molar-refractivity contribution in [3.05, 3.63) is 29.8 Å². The number of para-hydroxylation sites is 1. The maximum Gasteiger partial charge on any atom is 0.172 e. The smallest absolute Gasteiger partial charge is 0.172 e. The Morgan fingerprint density at radius 2 is 2.24 bits per heavy atom. The summed E-state index contributed by atoms with van der Waals surface area (Å²) in [4.78, 5) is 12.4. The van der Waals surface area contributed by atoms with E-state index in [4.69, 9.17) is 9.47 Å². The summed E-state index contributed by atoms with van der Waals surface area (Å²) in [5, 5.41) is 0. The van der Waals surface area contributed by atoms with E-state index in [0.717, 1.165) is 6.42 Å². The largest absolute Gasteiger partial charge is 0.493 e. The Hall–Kier alpha value is -1.35. The van der Waals surface area contributed by atoms with E-state index in [0.29, 0.717) is 24.5 Å². The van der Waals surface area contributed by atoms with Crippen LogP contribution in [0.4, 0.5) is 0 Å². The van der Waals surface area contributed by atoms with Gasteiger partial charge in [-0.25, -0.2) is 0 Å². The molecule has 0 aliphatic carbocycles. The molecule has 1 aliphatic heterocycles. The number of rotatable bonds is 4. The second kappa shape index (κ2) is 5.32. The monoisotopic (exact) mass is 234 g/mol. The molecule has 17 heavy (non-hydrogen) atoms. The van der Waals surface area contributed by atoms with Gasteiger partial charge in [-0.2, -0.15) is 0 Å². The Kier molecular flexibility index (Phi) is 3.79. The van der Waals surface area contributed by atoms with Gasteiger partial charge in [-0.1, -0.05) is 12.1 Å². The molecule has 92 valence electrons. The lowest BCUT2D eigenvalue weighted by Gasteiger charge is -2.15. The van der Waals surface area contributed by atoms with Gasteiger partial charge in [0, 0.05) is 6.61 Å². The molecule has 0 N–H and O–H groups in total. The van der Waals surface area contributed by atoms with Crippen molar-refractivity contribution in [2.24, 2.45) is 5.92 Å². The van der Waals surface area contributed by atoms with Crippen molar-refractivity contribution >= 4 is 5.78 Å². The highest BCUT2D eigenvalue weighted by atomic mass is 16.5. The minimum Gasteiger partial charge on any atom is -0.493 e. The third kappa shape index (κ3) is 2.50. The number of carbonyl (C=O) groups is 1. The SMILES string of the molecule is CCOc1ccccc1C(=O)C1CCOC1C. The minimum absolute atomic E-state index is 0.0113. The number of Topliss-reactive ketones (excluding diaryl/α,β-unsaturated/α-hetero) is 1. The van der Waals surface area contributed by atoms with Crippen molar-refractivity contribution in [3.63, 3.8) is 0 Å².